The number of carbonyl (C=O) groups excluding carboxylic acids is 2. The van der Waals surface area contributed by atoms with Gasteiger partial charge in [0.05, 0.1) is 0 Å². The van der Waals surface area contributed by atoms with E-state index in [-0.39, 0.29) is 22.1 Å². The molecular formula is C16H14BrCl2N3O2. The van der Waals surface area contributed by atoms with Crippen molar-refractivity contribution in [1.29, 1.82) is 0 Å². The van der Waals surface area contributed by atoms with E-state index in [9.17, 15) is 9.59 Å². The number of halogens is 3. The number of rotatable bonds is 6. The molecule has 126 valence electrons. The van der Waals surface area contributed by atoms with Crippen molar-refractivity contribution in [3.05, 3.63) is 62.3 Å². The molecule has 1 aromatic carbocycles. The van der Waals surface area contributed by atoms with Crippen LogP contribution in [0.2, 0.25) is 10.3 Å². The first kappa shape index (κ1) is 18.7. The van der Waals surface area contributed by atoms with Crippen molar-refractivity contribution in [1.82, 2.24) is 15.6 Å². The second kappa shape index (κ2) is 9.01. The number of nitrogens with zero attached hydrogens (tertiary/aromatic N) is 1. The average Bonchev–Trinajstić information content (AvgIpc) is 2.54. The smallest absolute Gasteiger partial charge is 0.251 e. The quantitative estimate of drug-likeness (QED) is 0.542. The van der Waals surface area contributed by atoms with Crippen molar-refractivity contribution >= 4 is 50.9 Å². The Morgan fingerprint density at radius 1 is 0.917 bits per heavy atom. The maximum absolute atomic E-state index is 12.0. The molecule has 0 fully saturated rings. The molecule has 0 aliphatic carbocycles. The predicted octanol–water partition coefficient (Wildman–Crippen LogP) is 3.70. The van der Waals surface area contributed by atoms with Gasteiger partial charge in [0.25, 0.3) is 11.8 Å². The summed E-state index contributed by atoms with van der Waals surface area (Å²) in [6.07, 6.45) is 0.598. The third-order valence-corrected chi connectivity index (χ3v) is 3.97. The molecule has 0 atom stereocenters. The number of aromatic nitrogens is 1. The van der Waals surface area contributed by atoms with Gasteiger partial charge >= 0.3 is 0 Å². The van der Waals surface area contributed by atoms with Crippen LogP contribution in [0.5, 0.6) is 0 Å². The van der Waals surface area contributed by atoms with Gasteiger partial charge in [-0.1, -0.05) is 39.1 Å². The highest BCUT2D eigenvalue weighted by Crippen LogP contribution is 2.14. The van der Waals surface area contributed by atoms with Crippen LogP contribution >= 0.6 is 39.1 Å². The van der Waals surface area contributed by atoms with Gasteiger partial charge in [0.15, 0.2) is 0 Å². The van der Waals surface area contributed by atoms with Gasteiger partial charge in [0.2, 0.25) is 0 Å². The minimum absolute atomic E-state index is 0.151. The Morgan fingerprint density at radius 3 is 1.96 bits per heavy atom. The summed E-state index contributed by atoms with van der Waals surface area (Å²) < 4.78 is 0.915. The van der Waals surface area contributed by atoms with Gasteiger partial charge in [-0.15, -0.1) is 0 Å². The van der Waals surface area contributed by atoms with Crippen LogP contribution in [0, 0.1) is 0 Å². The number of hydrogen-bond acceptors (Lipinski definition) is 3. The first-order chi connectivity index (χ1) is 11.5. The second-order valence-electron chi connectivity index (χ2n) is 4.87. The Kier molecular flexibility index (Phi) is 7.02. The number of amides is 2. The number of nitrogens with one attached hydrogen (secondary N) is 2. The van der Waals surface area contributed by atoms with Crippen LogP contribution in [0.25, 0.3) is 0 Å². The van der Waals surface area contributed by atoms with Crippen molar-refractivity contribution in [3.63, 3.8) is 0 Å². The Balaban J connectivity index is 1.72. The van der Waals surface area contributed by atoms with E-state index in [0.29, 0.717) is 30.6 Å². The van der Waals surface area contributed by atoms with Crippen molar-refractivity contribution in [3.8, 4) is 0 Å². The molecule has 0 saturated heterocycles. The molecule has 0 aliphatic heterocycles. The molecule has 0 saturated carbocycles. The van der Waals surface area contributed by atoms with Gasteiger partial charge in [-0.25, -0.2) is 4.98 Å². The van der Waals surface area contributed by atoms with E-state index in [2.05, 4.69) is 31.5 Å². The van der Waals surface area contributed by atoms with Crippen molar-refractivity contribution < 1.29 is 9.59 Å². The molecule has 0 unspecified atom stereocenters. The number of benzene rings is 1. The summed E-state index contributed by atoms with van der Waals surface area (Å²) in [5.41, 5.74) is 0.933. The van der Waals surface area contributed by atoms with Gasteiger partial charge in [-0.2, -0.15) is 0 Å². The maximum atomic E-state index is 12.0. The number of pyridine rings is 1. The summed E-state index contributed by atoms with van der Waals surface area (Å²) in [4.78, 5) is 27.6. The van der Waals surface area contributed by atoms with Crippen LogP contribution in [-0.2, 0) is 0 Å². The van der Waals surface area contributed by atoms with Gasteiger partial charge in [0.1, 0.15) is 10.3 Å². The molecule has 0 radical (unpaired) electrons. The van der Waals surface area contributed by atoms with Crippen LogP contribution in [0.3, 0.4) is 0 Å². The lowest BCUT2D eigenvalue weighted by Crippen LogP contribution is -2.29. The molecule has 0 spiro atoms. The van der Waals surface area contributed by atoms with Gasteiger partial charge in [-0.05, 0) is 42.8 Å². The van der Waals surface area contributed by atoms with E-state index >= 15 is 0 Å². The number of hydrogen-bond donors (Lipinski definition) is 2. The molecule has 24 heavy (non-hydrogen) atoms. The van der Waals surface area contributed by atoms with Crippen LogP contribution < -0.4 is 10.6 Å². The fourth-order valence-corrected chi connectivity index (χ4v) is 2.62. The van der Waals surface area contributed by atoms with Gasteiger partial charge in [-0.3, -0.25) is 9.59 Å². The molecule has 2 N–H and O–H groups in total. The van der Waals surface area contributed by atoms with E-state index in [1.54, 1.807) is 24.3 Å². The molecule has 1 heterocycles. The zero-order valence-electron chi connectivity index (χ0n) is 12.5. The van der Waals surface area contributed by atoms with Crippen LogP contribution in [0.4, 0.5) is 0 Å². The molecule has 1 aromatic heterocycles. The minimum Gasteiger partial charge on any atom is -0.352 e. The molecule has 5 nitrogen and oxygen atoms in total. The molecular weight excluding hydrogens is 417 g/mol. The van der Waals surface area contributed by atoms with Crippen LogP contribution in [0.1, 0.15) is 27.1 Å². The first-order valence-electron chi connectivity index (χ1n) is 7.11. The van der Waals surface area contributed by atoms with E-state index in [0.717, 1.165) is 4.47 Å². The predicted molar refractivity (Wildman–Crippen MR) is 97.7 cm³/mol. The van der Waals surface area contributed by atoms with Crippen molar-refractivity contribution in [2.45, 2.75) is 6.42 Å². The van der Waals surface area contributed by atoms with Gasteiger partial charge < -0.3 is 10.6 Å². The molecule has 0 bridgehead atoms. The second-order valence-corrected chi connectivity index (χ2v) is 6.56. The topological polar surface area (TPSA) is 71.1 Å². The lowest BCUT2D eigenvalue weighted by atomic mass is 10.2. The number of carbonyl (C=O) groups is 2. The monoisotopic (exact) mass is 429 g/mol. The molecule has 2 aromatic rings. The van der Waals surface area contributed by atoms with Crippen molar-refractivity contribution in [2.24, 2.45) is 0 Å². The van der Waals surface area contributed by atoms with Crippen LogP contribution in [0.15, 0.2) is 40.9 Å². The summed E-state index contributed by atoms with van der Waals surface area (Å²) in [7, 11) is 0. The normalized spacial score (nSPS) is 10.3. The molecule has 2 rings (SSSR count). The summed E-state index contributed by atoms with van der Waals surface area (Å²) in [6, 6.07) is 9.96. The highest BCUT2D eigenvalue weighted by atomic mass is 79.9. The lowest BCUT2D eigenvalue weighted by molar-refractivity contribution is 0.0951. The SMILES string of the molecule is O=C(NCCCNC(=O)c1cc(Cl)nc(Cl)c1)c1ccc(Br)cc1. The molecule has 8 heteroatoms. The maximum Gasteiger partial charge on any atom is 0.251 e. The fourth-order valence-electron chi connectivity index (χ4n) is 1.89. The van der Waals surface area contributed by atoms with E-state index in [1.165, 1.54) is 12.1 Å². The zero-order valence-corrected chi connectivity index (χ0v) is 15.6. The lowest BCUT2D eigenvalue weighted by Gasteiger charge is -2.07. The third kappa shape index (κ3) is 5.78. The van der Waals surface area contributed by atoms with Gasteiger partial charge in [0, 0.05) is 28.7 Å². The third-order valence-electron chi connectivity index (χ3n) is 3.06. The Labute approximate surface area is 157 Å². The zero-order chi connectivity index (χ0) is 17.5. The minimum atomic E-state index is -0.291. The summed E-state index contributed by atoms with van der Waals surface area (Å²) in [6.45, 7) is 0.865. The highest BCUT2D eigenvalue weighted by molar-refractivity contribution is 9.10. The Hall–Kier alpha value is -1.63. The Bertz CT molecular complexity index is 718. The molecule has 0 aliphatic rings. The first-order valence-corrected chi connectivity index (χ1v) is 8.65. The Morgan fingerprint density at radius 2 is 1.42 bits per heavy atom. The van der Waals surface area contributed by atoms with E-state index < -0.39 is 0 Å². The van der Waals surface area contributed by atoms with E-state index in [4.69, 9.17) is 23.2 Å². The molecule has 2 amide bonds. The van der Waals surface area contributed by atoms with Crippen molar-refractivity contribution in [2.75, 3.05) is 13.1 Å². The van der Waals surface area contributed by atoms with Crippen LogP contribution in [-0.4, -0.2) is 29.9 Å². The average molecular weight is 431 g/mol. The summed E-state index contributed by atoms with van der Waals surface area (Å²) in [5, 5.41) is 5.85. The van der Waals surface area contributed by atoms with E-state index in [1.807, 2.05) is 0 Å². The summed E-state index contributed by atoms with van der Waals surface area (Å²) in [5.74, 6) is -0.443. The fraction of sp³-hybridized carbons (Fsp3) is 0.188. The highest BCUT2D eigenvalue weighted by Gasteiger charge is 2.08. The largest absolute Gasteiger partial charge is 0.352 e. The summed E-state index contributed by atoms with van der Waals surface area (Å²) >= 11 is 14.8. The standard InChI is InChI=1S/C16H14BrCl2N3O2/c17-12-4-2-10(3-5-12)15(23)20-6-1-7-21-16(24)11-8-13(18)22-14(19)9-11/h2-5,8-9H,1,6-7H2,(H,20,23)(H,21,24).